The largest absolute Gasteiger partial charge is 0.485 e. The summed E-state index contributed by atoms with van der Waals surface area (Å²) in [7, 11) is 0. The molecule has 20 heavy (non-hydrogen) atoms. The van der Waals surface area contributed by atoms with Gasteiger partial charge in [-0.2, -0.15) is 0 Å². The Labute approximate surface area is 123 Å². The molecular weight excluding hydrogens is 330 g/mol. The van der Waals surface area contributed by atoms with E-state index in [4.69, 9.17) is 4.74 Å². The Morgan fingerprint density at radius 1 is 1.15 bits per heavy atom. The van der Waals surface area contributed by atoms with Crippen LogP contribution in [0.4, 0.5) is 8.78 Å². The van der Waals surface area contributed by atoms with Gasteiger partial charge in [-0.05, 0) is 24.3 Å². The van der Waals surface area contributed by atoms with E-state index in [1.54, 1.807) is 18.2 Å². The van der Waals surface area contributed by atoms with Crippen LogP contribution in [-0.4, -0.2) is 5.11 Å². The molecule has 1 unspecified atom stereocenters. The summed E-state index contributed by atoms with van der Waals surface area (Å²) in [5, 5.41) is 10.1. The second-order valence-corrected chi connectivity index (χ2v) is 5.59. The summed E-state index contributed by atoms with van der Waals surface area (Å²) in [4.78, 5) is 0. The van der Waals surface area contributed by atoms with E-state index in [0.717, 1.165) is 4.47 Å². The number of hydrogen-bond donors (Lipinski definition) is 1. The van der Waals surface area contributed by atoms with Crippen LogP contribution < -0.4 is 4.74 Å². The summed E-state index contributed by atoms with van der Waals surface area (Å²) in [6.07, 6.45) is -1.53. The van der Waals surface area contributed by atoms with Gasteiger partial charge >= 0.3 is 0 Å². The number of aliphatic hydroxyl groups is 1. The standard InChI is InChI=1S/C15H11BrF2O2/c16-8-4-5-9-12(19)7-14(20-13(9)6-8)15-10(17)2-1-3-11(15)18/h1-6,12,14,19H,7H2/t12-,14?/m0/s1. The molecule has 104 valence electrons. The summed E-state index contributed by atoms with van der Waals surface area (Å²) in [6.45, 7) is 0. The smallest absolute Gasteiger partial charge is 0.133 e. The van der Waals surface area contributed by atoms with Crippen molar-refractivity contribution < 1.29 is 18.6 Å². The van der Waals surface area contributed by atoms with Gasteiger partial charge in [0, 0.05) is 16.5 Å². The summed E-state index contributed by atoms with van der Waals surface area (Å²) >= 11 is 3.31. The van der Waals surface area contributed by atoms with Crippen molar-refractivity contribution in [2.24, 2.45) is 0 Å². The molecule has 2 nitrogen and oxygen atoms in total. The molecule has 2 aromatic rings. The highest BCUT2D eigenvalue weighted by molar-refractivity contribution is 9.10. The molecule has 1 aliphatic rings. The average Bonchev–Trinajstić information content (AvgIpc) is 2.38. The van der Waals surface area contributed by atoms with E-state index >= 15 is 0 Å². The number of hydrogen-bond acceptors (Lipinski definition) is 2. The minimum absolute atomic E-state index is 0.118. The molecule has 0 radical (unpaired) electrons. The minimum atomic E-state index is -0.840. The van der Waals surface area contributed by atoms with E-state index in [-0.39, 0.29) is 12.0 Å². The van der Waals surface area contributed by atoms with Gasteiger partial charge in [-0.1, -0.05) is 28.1 Å². The lowest BCUT2D eigenvalue weighted by molar-refractivity contribution is 0.0621. The first-order valence-corrected chi connectivity index (χ1v) is 6.93. The zero-order chi connectivity index (χ0) is 14.3. The average molecular weight is 341 g/mol. The van der Waals surface area contributed by atoms with E-state index in [1.807, 2.05) is 0 Å². The fourth-order valence-electron chi connectivity index (χ4n) is 2.41. The maximum Gasteiger partial charge on any atom is 0.133 e. The number of rotatable bonds is 1. The van der Waals surface area contributed by atoms with Gasteiger partial charge in [0.05, 0.1) is 11.7 Å². The van der Waals surface area contributed by atoms with Crippen LogP contribution in [0, 0.1) is 11.6 Å². The second-order valence-electron chi connectivity index (χ2n) is 4.68. The Morgan fingerprint density at radius 3 is 2.55 bits per heavy atom. The van der Waals surface area contributed by atoms with Gasteiger partial charge in [-0.3, -0.25) is 0 Å². The molecule has 0 aromatic heterocycles. The van der Waals surface area contributed by atoms with Crippen LogP contribution in [0.5, 0.6) is 5.75 Å². The molecule has 3 rings (SSSR count). The van der Waals surface area contributed by atoms with Crippen molar-refractivity contribution in [2.45, 2.75) is 18.6 Å². The van der Waals surface area contributed by atoms with E-state index < -0.39 is 23.8 Å². The van der Waals surface area contributed by atoms with Gasteiger partial charge in [0.1, 0.15) is 23.5 Å². The summed E-state index contributed by atoms with van der Waals surface area (Å²) in [5.74, 6) is -0.896. The second kappa shape index (κ2) is 5.14. The van der Waals surface area contributed by atoms with Gasteiger partial charge in [0.25, 0.3) is 0 Å². The molecule has 0 saturated carbocycles. The minimum Gasteiger partial charge on any atom is -0.485 e. The van der Waals surface area contributed by atoms with Crippen molar-refractivity contribution in [1.82, 2.24) is 0 Å². The Balaban J connectivity index is 2.03. The molecule has 1 N–H and O–H groups in total. The maximum absolute atomic E-state index is 13.8. The third-order valence-corrected chi connectivity index (χ3v) is 3.86. The molecular formula is C15H11BrF2O2. The van der Waals surface area contributed by atoms with Gasteiger partial charge in [0.15, 0.2) is 0 Å². The first-order chi connectivity index (χ1) is 9.56. The SMILES string of the molecule is O[C@H]1CC(c2c(F)cccc2F)Oc2cc(Br)ccc21. The van der Waals surface area contributed by atoms with Crippen LogP contribution in [-0.2, 0) is 0 Å². The molecule has 0 bridgehead atoms. The van der Waals surface area contributed by atoms with Gasteiger partial charge in [-0.15, -0.1) is 0 Å². The van der Waals surface area contributed by atoms with Gasteiger partial charge in [0.2, 0.25) is 0 Å². The lowest BCUT2D eigenvalue weighted by Crippen LogP contribution is -2.21. The molecule has 5 heteroatoms. The van der Waals surface area contributed by atoms with Crippen molar-refractivity contribution in [3.63, 3.8) is 0 Å². The molecule has 0 saturated heterocycles. The van der Waals surface area contributed by atoms with E-state index in [0.29, 0.717) is 11.3 Å². The van der Waals surface area contributed by atoms with Crippen LogP contribution in [0.15, 0.2) is 40.9 Å². The highest BCUT2D eigenvalue weighted by atomic mass is 79.9. The fourth-order valence-corrected chi connectivity index (χ4v) is 2.75. The molecule has 0 aliphatic carbocycles. The van der Waals surface area contributed by atoms with Crippen LogP contribution in [0.2, 0.25) is 0 Å². The first-order valence-electron chi connectivity index (χ1n) is 6.14. The quantitative estimate of drug-likeness (QED) is 0.839. The normalized spacial score (nSPS) is 21.2. The lowest BCUT2D eigenvalue weighted by atomic mass is 9.94. The highest BCUT2D eigenvalue weighted by Crippen LogP contribution is 2.42. The lowest BCUT2D eigenvalue weighted by Gasteiger charge is -2.30. The maximum atomic E-state index is 13.8. The van der Waals surface area contributed by atoms with Gasteiger partial charge in [-0.25, -0.2) is 8.78 Å². The Morgan fingerprint density at radius 2 is 1.85 bits per heavy atom. The monoisotopic (exact) mass is 340 g/mol. The van der Waals surface area contributed by atoms with Crippen molar-refractivity contribution in [2.75, 3.05) is 0 Å². The first kappa shape index (κ1) is 13.5. The Kier molecular flexibility index (Phi) is 3.48. The molecule has 2 atom stereocenters. The number of halogens is 3. The van der Waals surface area contributed by atoms with Crippen molar-refractivity contribution >= 4 is 15.9 Å². The zero-order valence-corrected chi connectivity index (χ0v) is 11.9. The number of aliphatic hydroxyl groups excluding tert-OH is 1. The van der Waals surface area contributed by atoms with Crippen LogP contribution in [0.25, 0.3) is 0 Å². The Bertz CT molecular complexity index is 640. The molecule has 0 amide bonds. The third kappa shape index (κ3) is 2.31. The van der Waals surface area contributed by atoms with Crippen molar-refractivity contribution in [1.29, 1.82) is 0 Å². The number of fused-ring (bicyclic) bond motifs is 1. The fraction of sp³-hybridized carbons (Fsp3) is 0.200. The van der Waals surface area contributed by atoms with Crippen molar-refractivity contribution in [3.8, 4) is 5.75 Å². The van der Waals surface area contributed by atoms with Crippen LogP contribution >= 0.6 is 15.9 Å². The molecule has 0 spiro atoms. The van der Waals surface area contributed by atoms with E-state index in [2.05, 4.69) is 15.9 Å². The topological polar surface area (TPSA) is 29.5 Å². The summed E-state index contributed by atoms with van der Waals surface area (Å²) < 4.78 is 34.0. The molecule has 1 heterocycles. The molecule has 0 fully saturated rings. The Hall–Kier alpha value is -1.46. The highest BCUT2D eigenvalue weighted by Gasteiger charge is 2.31. The summed E-state index contributed by atoms with van der Waals surface area (Å²) in [5.41, 5.74) is 0.485. The summed E-state index contributed by atoms with van der Waals surface area (Å²) in [6, 6.07) is 8.88. The van der Waals surface area contributed by atoms with Crippen LogP contribution in [0.1, 0.15) is 29.8 Å². The van der Waals surface area contributed by atoms with Crippen molar-refractivity contribution in [3.05, 3.63) is 63.6 Å². The van der Waals surface area contributed by atoms with Crippen LogP contribution in [0.3, 0.4) is 0 Å². The van der Waals surface area contributed by atoms with Gasteiger partial charge < -0.3 is 9.84 Å². The van der Waals surface area contributed by atoms with E-state index in [9.17, 15) is 13.9 Å². The number of ether oxygens (including phenoxy) is 1. The third-order valence-electron chi connectivity index (χ3n) is 3.36. The predicted molar refractivity (Wildman–Crippen MR) is 73.4 cm³/mol. The predicted octanol–water partition coefficient (Wildman–Crippen LogP) is 4.28. The molecule has 2 aromatic carbocycles. The zero-order valence-electron chi connectivity index (χ0n) is 10.3. The van der Waals surface area contributed by atoms with E-state index in [1.165, 1.54) is 18.2 Å². The number of benzene rings is 2. The molecule has 1 aliphatic heterocycles.